The Kier molecular flexibility index (Phi) is 6.93. The van der Waals surface area contributed by atoms with Gasteiger partial charge in [0.05, 0.1) is 0 Å². The third-order valence-corrected chi connectivity index (χ3v) is 12.2. The van der Waals surface area contributed by atoms with Crippen LogP contribution in [0.25, 0.3) is 45.6 Å². The van der Waals surface area contributed by atoms with Crippen LogP contribution < -0.4 is 24.8 Å². The normalized spacial score (nSPS) is 17.0. The molecule has 0 saturated carbocycles. The van der Waals surface area contributed by atoms with Gasteiger partial charge in [-0.2, -0.15) is 0 Å². The SMILES string of the molecule is C1=C(n2cnc3ccccc32)[CH]([Zr+2][CH]2C(n3cnc4ccccc43)=Cc3ccccc32)c2ccccc21.[Cl-].[Cl-]. The molecule has 4 nitrogen and oxygen atoms in total. The van der Waals surface area contributed by atoms with Crippen LogP contribution in [0.15, 0.2) is 110 Å². The molecular weight excluding hydrogens is 603 g/mol. The second-order valence-electron chi connectivity index (χ2n) is 9.64. The first-order chi connectivity index (χ1) is 18.3. The molecule has 8 rings (SSSR count). The molecule has 2 aromatic heterocycles. The minimum absolute atomic E-state index is 0. The van der Waals surface area contributed by atoms with E-state index < -0.39 is 23.2 Å². The van der Waals surface area contributed by atoms with E-state index in [9.17, 15) is 0 Å². The molecule has 2 aliphatic carbocycles. The minimum atomic E-state index is -1.14. The fourth-order valence-electron chi connectivity index (χ4n) is 5.88. The van der Waals surface area contributed by atoms with E-state index in [1.54, 1.807) is 0 Å². The molecule has 2 aliphatic rings. The van der Waals surface area contributed by atoms with Crippen LogP contribution in [-0.2, 0) is 23.2 Å². The molecule has 0 bridgehead atoms. The number of rotatable bonds is 4. The molecule has 4 aromatic carbocycles. The van der Waals surface area contributed by atoms with Gasteiger partial charge in [0.1, 0.15) is 0 Å². The first kappa shape index (κ1) is 26.0. The summed E-state index contributed by atoms with van der Waals surface area (Å²) < 4.78 is 5.48. The maximum Gasteiger partial charge on any atom is -1.00 e. The number of hydrogen-bond donors (Lipinski definition) is 0. The minimum Gasteiger partial charge on any atom is -1.00 e. The Balaban J connectivity index is 0.00000138. The fourth-order valence-corrected chi connectivity index (χ4v) is 10.8. The molecular formula is C32H22Cl2N4Zr. The van der Waals surface area contributed by atoms with Crippen LogP contribution in [0.1, 0.15) is 29.5 Å². The van der Waals surface area contributed by atoms with Crippen molar-refractivity contribution in [2.24, 2.45) is 0 Å². The monoisotopic (exact) mass is 622 g/mol. The van der Waals surface area contributed by atoms with Crippen molar-refractivity contribution < 1.29 is 48.0 Å². The summed E-state index contributed by atoms with van der Waals surface area (Å²) in [6, 6.07) is 34.8. The fraction of sp³-hybridized carbons (Fsp3) is 0.0625. The maximum absolute atomic E-state index is 4.74. The van der Waals surface area contributed by atoms with Gasteiger partial charge in [0, 0.05) is 0 Å². The van der Waals surface area contributed by atoms with Crippen LogP contribution in [0, 0.1) is 0 Å². The van der Waals surface area contributed by atoms with Crippen LogP contribution in [0.3, 0.4) is 0 Å². The zero-order chi connectivity index (χ0) is 24.3. The quantitative estimate of drug-likeness (QED) is 0.297. The van der Waals surface area contributed by atoms with Gasteiger partial charge in [-0.15, -0.1) is 0 Å². The van der Waals surface area contributed by atoms with Crippen molar-refractivity contribution in [3.8, 4) is 0 Å². The van der Waals surface area contributed by atoms with E-state index in [1.807, 2.05) is 12.7 Å². The number of allylic oxidation sites excluding steroid dienone is 2. The average Bonchev–Trinajstić information content (AvgIpc) is 3.72. The molecule has 2 heterocycles. The predicted molar refractivity (Wildman–Crippen MR) is 146 cm³/mol. The van der Waals surface area contributed by atoms with Crippen LogP contribution in [0.2, 0.25) is 0 Å². The Labute approximate surface area is 250 Å². The van der Waals surface area contributed by atoms with E-state index in [4.69, 9.17) is 9.97 Å². The number of fused-ring (bicyclic) bond motifs is 4. The van der Waals surface area contributed by atoms with Gasteiger partial charge < -0.3 is 24.8 Å². The molecule has 0 amide bonds. The Hall–Kier alpha value is -3.24. The molecule has 188 valence electrons. The van der Waals surface area contributed by atoms with Gasteiger partial charge in [-0.05, 0) is 0 Å². The summed E-state index contributed by atoms with van der Waals surface area (Å²) in [5.41, 5.74) is 12.8. The summed E-state index contributed by atoms with van der Waals surface area (Å²) >= 11 is -1.14. The zero-order valence-corrected chi connectivity index (χ0v) is 24.7. The van der Waals surface area contributed by atoms with Gasteiger partial charge in [-0.3, -0.25) is 0 Å². The number of benzene rings is 4. The molecule has 7 heteroatoms. The van der Waals surface area contributed by atoms with Crippen LogP contribution >= 0.6 is 0 Å². The predicted octanol–water partition coefficient (Wildman–Crippen LogP) is 1.28. The molecule has 0 radical (unpaired) electrons. The van der Waals surface area contributed by atoms with Crippen molar-refractivity contribution >= 4 is 45.6 Å². The number of nitrogens with zero attached hydrogens (tertiary/aromatic N) is 4. The number of halogens is 2. The molecule has 0 fully saturated rings. The van der Waals surface area contributed by atoms with Crippen molar-refractivity contribution in [2.45, 2.75) is 7.25 Å². The Bertz CT molecular complexity index is 1760. The Morgan fingerprint density at radius 3 is 1.41 bits per heavy atom. The average molecular weight is 625 g/mol. The van der Waals surface area contributed by atoms with Crippen molar-refractivity contribution in [3.05, 3.63) is 132 Å². The number of para-hydroxylation sites is 4. The topological polar surface area (TPSA) is 35.6 Å². The van der Waals surface area contributed by atoms with E-state index in [2.05, 4.69) is 118 Å². The van der Waals surface area contributed by atoms with Crippen LogP contribution in [-0.4, -0.2) is 19.1 Å². The van der Waals surface area contributed by atoms with Gasteiger partial charge in [0.2, 0.25) is 0 Å². The summed E-state index contributed by atoms with van der Waals surface area (Å²) in [6.45, 7) is 0. The van der Waals surface area contributed by atoms with Gasteiger partial charge >= 0.3 is 227 Å². The van der Waals surface area contributed by atoms with Crippen molar-refractivity contribution in [1.82, 2.24) is 19.1 Å². The maximum atomic E-state index is 4.74. The first-order valence-electron chi connectivity index (χ1n) is 12.6. The van der Waals surface area contributed by atoms with E-state index in [-0.39, 0.29) is 24.8 Å². The second-order valence-corrected chi connectivity index (χ2v) is 13.3. The van der Waals surface area contributed by atoms with Crippen LogP contribution in [0.5, 0.6) is 0 Å². The summed E-state index contributed by atoms with van der Waals surface area (Å²) in [5, 5.41) is 0. The zero-order valence-electron chi connectivity index (χ0n) is 20.7. The standard InChI is InChI=1S/2C16H11N2.2ClH.Zr/c2*1-2-6-13-10-14(9-12(13)5-1)18-11-17-15-7-3-4-8-16(15)18;;;/h2*1-11H;2*1H;/q;;;;+2/p-2. The smallest absolute Gasteiger partial charge is 1.00 e. The van der Waals surface area contributed by atoms with E-state index in [0.717, 1.165) is 11.0 Å². The third-order valence-electron chi connectivity index (χ3n) is 7.61. The van der Waals surface area contributed by atoms with Crippen LogP contribution in [0.4, 0.5) is 0 Å². The van der Waals surface area contributed by atoms with Crippen molar-refractivity contribution in [3.63, 3.8) is 0 Å². The van der Waals surface area contributed by atoms with Gasteiger partial charge in [0.25, 0.3) is 0 Å². The molecule has 2 unspecified atom stereocenters. The van der Waals surface area contributed by atoms with Crippen molar-refractivity contribution in [2.75, 3.05) is 0 Å². The second kappa shape index (κ2) is 10.4. The summed E-state index contributed by atoms with van der Waals surface area (Å²) in [5.74, 6) is 0. The number of aromatic nitrogens is 4. The Morgan fingerprint density at radius 1 is 0.513 bits per heavy atom. The van der Waals surface area contributed by atoms with E-state index >= 15 is 0 Å². The molecule has 2 atom stereocenters. The van der Waals surface area contributed by atoms with Gasteiger partial charge in [-0.25, -0.2) is 0 Å². The molecule has 0 spiro atoms. The van der Waals surface area contributed by atoms with E-state index in [1.165, 1.54) is 44.7 Å². The molecule has 39 heavy (non-hydrogen) atoms. The largest absolute Gasteiger partial charge is 1.00 e. The van der Waals surface area contributed by atoms with Gasteiger partial charge in [0.15, 0.2) is 0 Å². The molecule has 0 saturated heterocycles. The van der Waals surface area contributed by atoms with E-state index in [0.29, 0.717) is 7.25 Å². The molecule has 6 aromatic rings. The summed E-state index contributed by atoms with van der Waals surface area (Å²) in [7, 11) is 0. The van der Waals surface area contributed by atoms with Crippen molar-refractivity contribution in [1.29, 1.82) is 0 Å². The number of hydrogen-bond acceptors (Lipinski definition) is 2. The summed E-state index contributed by atoms with van der Waals surface area (Å²) in [6.07, 6.45) is 8.81. The molecule has 0 N–H and O–H groups in total. The third kappa shape index (κ3) is 4.16. The summed E-state index contributed by atoms with van der Waals surface area (Å²) in [4.78, 5) is 9.47. The Morgan fingerprint density at radius 2 is 0.923 bits per heavy atom. The van der Waals surface area contributed by atoms with Gasteiger partial charge in [-0.1, -0.05) is 0 Å². The molecule has 0 aliphatic heterocycles. The first-order valence-corrected chi connectivity index (χ1v) is 15.4. The number of imidazole rings is 2.